The van der Waals surface area contributed by atoms with Gasteiger partial charge in [-0.3, -0.25) is 9.59 Å². The van der Waals surface area contributed by atoms with E-state index in [2.05, 4.69) is 20.9 Å². The molecule has 6 nitrogen and oxygen atoms in total. The maximum Gasteiger partial charge on any atom is 0.289 e. The lowest BCUT2D eigenvalue weighted by molar-refractivity contribution is 0.0697. The van der Waals surface area contributed by atoms with Crippen molar-refractivity contribution >= 4 is 27.7 Å². The van der Waals surface area contributed by atoms with Gasteiger partial charge in [-0.2, -0.15) is 0 Å². The van der Waals surface area contributed by atoms with Crippen molar-refractivity contribution in [2.45, 2.75) is 6.42 Å². The van der Waals surface area contributed by atoms with Gasteiger partial charge >= 0.3 is 0 Å². The molecule has 0 aliphatic carbocycles. The summed E-state index contributed by atoms with van der Waals surface area (Å²) in [7, 11) is 0. The molecule has 7 heteroatoms. The van der Waals surface area contributed by atoms with Crippen LogP contribution in [0.3, 0.4) is 0 Å². The van der Waals surface area contributed by atoms with E-state index in [1.54, 1.807) is 40.3 Å². The van der Waals surface area contributed by atoms with Crippen molar-refractivity contribution in [1.82, 2.24) is 14.8 Å². The molecule has 0 atom stereocenters. The fraction of sp³-hybridized carbons (Fsp3) is 0.333. The second-order valence-corrected chi connectivity index (χ2v) is 5.91. The number of furan rings is 1. The zero-order chi connectivity index (χ0) is 15.5. The van der Waals surface area contributed by atoms with Crippen LogP contribution in [0.25, 0.3) is 0 Å². The molecule has 3 rings (SSSR count). The van der Waals surface area contributed by atoms with Gasteiger partial charge in [0.1, 0.15) is 5.69 Å². The van der Waals surface area contributed by atoms with E-state index in [9.17, 15) is 9.59 Å². The average molecular weight is 366 g/mol. The van der Waals surface area contributed by atoms with Crippen LogP contribution in [0.4, 0.5) is 0 Å². The normalized spacial score (nSPS) is 15.7. The molecular weight excluding hydrogens is 350 g/mol. The molecule has 1 aliphatic rings. The van der Waals surface area contributed by atoms with E-state index in [1.165, 1.54) is 0 Å². The minimum Gasteiger partial charge on any atom is -0.444 e. The van der Waals surface area contributed by atoms with Gasteiger partial charge in [0.15, 0.2) is 10.4 Å². The SMILES string of the molecule is O=C(c1ccc[nH]1)N1CCCN(C(=O)c2ccc(Br)o2)CC1. The van der Waals surface area contributed by atoms with Crippen LogP contribution in [0.1, 0.15) is 27.5 Å². The molecule has 2 amide bonds. The first-order valence-corrected chi connectivity index (χ1v) is 7.92. The third kappa shape index (κ3) is 3.09. The second-order valence-electron chi connectivity index (χ2n) is 5.13. The van der Waals surface area contributed by atoms with E-state index in [-0.39, 0.29) is 11.8 Å². The van der Waals surface area contributed by atoms with Gasteiger partial charge < -0.3 is 19.2 Å². The predicted octanol–water partition coefficient (Wildman–Crippen LogP) is 2.36. The number of carbonyl (C=O) groups excluding carboxylic acids is 2. The van der Waals surface area contributed by atoms with Crippen LogP contribution in [0.15, 0.2) is 39.5 Å². The Kier molecular flexibility index (Phi) is 4.33. The Morgan fingerprint density at radius 1 is 1.05 bits per heavy atom. The highest BCUT2D eigenvalue weighted by Crippen LogP contribution is 2.17. The molecule has 0 radical (unpaired) electrons. The number of nitrogens with one attached hydrogen (secondary N) is 1. The smallest absolute Gasteiger partial charge is 0.289 e. The molecule has 1 N–H and O–H groups in total. The maximum absolute atomic E-state index is 12.4. The summed E-state index contributed by atoms with van der Waals surface area (Å²) < 4.78 is 5.85. The quantitative estimate of drug-likeness (QED) is 0.887. The van der Waals surface area contributed by atoms with Crippen molar-refractivity contribution in [3.63, 3.8) is 0 Å². The van der Waals surface area contributed by atoms with Gasteiger partial charge in [-0.15, -0.1) is 0 Å². The number of aromatic nitrogens is 1. The third-order valence-electron chi connectivity index (χ3n) is 3.68. The highest BCUT2D eigenvalue weighted by atomic mass is 79.9. The molecular formula is C15H16BrN3O3. The Bertz CT molecular complexity index is 665. The first kappa shape index (κ1) is 14.9. The largest absolute Gasteiger partial charge is 0.444 e. The monoisotopic (exact) mass is 365 g/mol. The molecule has 0 aromatic carbocycles. The predicted molar refractivity (Wildman–Crippen MR) is 83.6 cm³/mol. The summed E-state index contributed by atoms with van der Waals surface area (Å²) in [4.78, 5) is 31.1. The summed E-state index contributed by atoms with van der Waals surface area (Å²) in [6, 6.07) is 6.91. The number of amides is 2. The molecule has 1 fully saturated rings. The molecule has 0 unspecified atom stereocenters. The Morgan fingerprint density at radius 2 is 1.77 bits per heavy atom. The fourth-order valence-corrected chi connectivity index (χ4v) is 2.85. The van der Waals surface area contributed by atoms with Crippen LogP contribution < -0.4 is 0 Å². The molecule has 2 aromatic rings. The van der Waals surface area contributed by atoms with Crippen molar-refractivity contribution in [3.8, 4) is 0 Å². The van der Waals surface area contributed by atoms with E-state index < -0.39 is 0 Å². The number of nitrogens with zero attached hydrogens (tertiary/aromatic N) is 2. The number of carbonyl (C=O) groups is 2. The lowest BCUT2D eigenvalue weighted by atomic mass is 10.3. The highest BCUT2D eigenvalue weighted by Gasteiger charge is 2.25. The summed E-state index contributed by atoms with van der Waals surface area (Å²) in [6.07, 6.45) is 2.48. The zero-order valence-electron chi connectivity index (χ0n) is 11.9. The Balaban J connectivity index is 1.65. The minimum absolute atomic E-state index is 0.0277. The van der Waals surface area contributed by atoms with Crippen molar-refractivity contribution in [3.05, 3.63) is 46.6 Å². The third-order valence-corrected chi connectivity index (χ3v) is 4.11. The van der Waals surface area contributed by atoms with E-state index in [0.29, 0.717) is 42.3 Å². The van der Waals surface area contributed by atoms with Gasteiger partial charge in [0.05, 0.1) is 0 Å². The lowest BCUT2D eigenvalue weighted by Crippen LogP contribution is -2.37. The molecule has 0 saturated carbocycles. The molecule has 1 aliphatic heterocycles. The summed E-state index contributed by atoms with van der Waals surface area (Å²) in [6.45, 7) is 2.28. The number of hydrogen-bond acceptors (Lipinski definition) is 3. The Hall–Kier alpha value is -2.02. The number of hydrogen-bond donors (Lipinski definition) is 1. The molecule has 0 bridgehead atoms. The van der Waals surface area contributed by atoms with Crippen LogP contribution in [0.5, 0.6) is 0 Å². The van der Waals surface area contributed by atoms with Gasteiger partial charge in [-0.1, -0.05) is 0 Å². The van der Waals surface area contributed by atoms with E-state index in [1.807, 2.05) is 0 Å². The van der Waals surface area contributed by atoms with Gasteiger partial charge in [0.25, 0.3) is 11.8 Å². The summed E-state index contributed by atoms with van der Waals surface area (Å²) >= 11 is 3.20. The molecule has 2 aromatic heterocycles. The van der Waals surface area contributed by atoms with Crippen molar-refractivity contribution in [2.75, 3.05) is 26.2 Å². The van der Waals surface area contributed by atoms with Gasteiger partial charge in [-0.25, -0.2) is 0 Å². The second kappa shape index (κ2) is 6.39. The van der Waals surface area contributed by atoms with Crippen LogP contribution in [-0.4, -0.2) is 52.8 Å². The minimum atomic E-state index is -0.139. The van der Waals surface area contributed by atoms with Crippen molar-refractivity contribution < 1.29 is 14.0 Å². The van der Waals surface area contributed by atoms with Gasteiger partial charge in [-0.05, 0) is 46.6 Å². The summed E-state index contributed by atoms with van der Waals surface area (Å²) in [5.74, 6) is 0.149. The molecule has 116 valence electrons. The molecule has 0 spiro atoms. The van der Waals surface area contributed by atoms with Crippen LogP contribution in [0.2, 0.25) is 0 Å². The summed E-state index contributed by atoms with van der Waals surface area (Å²) in [5.41, 5.74) is 0.578. The standard InChI is InChI=1S/C15H16BrN3O3/c16-13-5-4-12(22-13)15(21)19-8-2-7-18(9-10-19)14(20)11-3-1-6-17-11/h1,3-6,17H,2,7-10H2. The topological polar surface area (TPSA) is 69.6 Å². The van der Waals surface area contributed by atoms with Crippen molar-refractivity contribution in [2.24, 2.45) is 0 Å². The van der Waals surface area contributed by atoms with E-state index in [0.717, 1.165) is 6.42 Å². The van der Waals surface area contributed by atoms with Crippen LogP contribution in [0, 0.1) is 0 Å². The van der Waals surface area contributed by atoms with Gasteiger partial charge in [0, 0.05) is 32.4 Å². The van der Waals surface area contributed by atoms with E-state index >= 15 is 0 Å². The number of rotatable bonds is 2. The first-order valence-electron chi connectivity index (χ1n) is 7.12. The number of H-pyrrole nitrogens is 1. The van der Waals surface area contributed by atoms with Crippen LogP contribution in [-0.2, 0) is 0 Å². The molecule has 22 heavy (non-hydrogen) atoms. The molecule has 1 saturated heterocycles. The number of aromatic amines is 1. The number of halogens is 1. The van der Waals surface area contributed by atoms with Gasteiger partial charge in [0.2, 0.25) is 0 Å². The Labute approximate surface area is 136 Å². The fourth-order valence-electron chi connectivity index (χ4n) is 2.54. The van der Waals surface area contributed by atoms with Crippen LogP contribution >= 0.6 is 15.9 Å². The summed E-state index contributed by atoms with van der Waals surface area (Å²) in [5, 5.41) is 0. The lowest BCUT2D eigenvalue weighted by Gasteiger charge is -2.21. The highest BCUT2D eigenvalue weighted by molar-refractivity contribution is 9.10. The van der Waals surface area contributed by atoms with Crippen molar-refractivity contribution in [1.29, 1.82) is 0 Å². The first-order chi connectivity index (χ1) is 10.6. The molecule has 3 heterocycles. The zero-order valence-corrected chi connectivity index (χ0v) is 13.5. The average Bonchev–Trinajstić information content (AvgIpc) is 3.13. The Morgan fingerprint density at radius 3 is 2.36 bits per heavy atom. The maximum atomic E-state index is 12.4. The van der Waals surface area contributed by atoms with E-state index in [4.69, 9.17) is 4.42 Å².